The van der Waals surface area contributed by atoms with E-state index in [4.69, 9.17) is 9.47 Å². The van der Waals surface area contributed by atoms with E-state index in [0.717, 1.165) is 18.8 Å². The Bertz CT molecular complexity index is 742. The second-order valence-electron chi connectivity index (χ2n) is 6.31. The van der Waals surface area contributed by atoms with Gasteiger partial charge in [-0.1, -0.05) is 19.1 Å². The number of aryl methyl sites for hydroxylation is 1. The lowest BCUT2D eigenvalue weighted by Crippen LogP contribution is -2.59. The number of likely N-dealkylation sites (tertiary alicyclic amines) is 1. The van der Waals surface area contributed by atoms with Gasteiger partial charge in [0.15, 0.2) is 11.5 Å². The fourth-order valence-electron chi connectivity index (χ4n) is 2.91. The lowest BCUT2D eigenvalue weighted by molar-refractivity contribution is 0.0417. The molecule has 0 unspecified atom stereocenters. The minimum absolute atomic E-state index is 0.0314. The molecule has 140 valence electrons. The molecule has 0 aliphatic carbocycles. The van der Waals surface area contributed by atoms with Crippen molar-refractivity contribution in [2.75, 3.05) is 20.2 Å². The maximum atomic E-state index is 12.4. The van der Waals surface area contributed by atoms with Gasteiger partial charge in [-0.25, -0.2) is 14.5 Å². The highest BCUT2D eigenvalue weighted by molar-refractivity contribution is 5.75. The Hall–Kier alpha value is -2.77. The number of nitrogens with one attached hydrogen (secondary N) is 1. The molecule has 0 saturated carbocycles. The number of nitrogens with zero attached hydrogens (tertiary/aromatic N) is 4. The van der Waals surface area contributed by atoms with Gasteiger partial charge in [0, 0.05) is 6.54 Å². The SMILES string of the molecule is CCCn1ncnc1[C@@H](C)NC(=O)N1CC(Oc2ccccc2OC)C1. The predicted octanol–water partition coefficient (Wildman–Crippen LogP) is 2.23. The van der Waals surface area contributed by atoms with E-state index >= 15 is 0 Å². The number of hydrogen-bond acceptors (Lipinski definition) is 5. The summed E-state index contributed by atoms with van der Waals surface area (Å²) in [5.74, 6) is 2.16. The van der Waals surface area contributed by atoms with Crippen LogP contribution < -0.4 is 14.8 Å². The molecule has 1 atom stereocenters. The van der Waals surface area contributed by atoms with Crippen LogP contribution >= 0.6 is 0 Å². The standard InChI is InChI=1S/C18H25N5O3/c1-4-9-23-17(19-12-20-23)13(2)21-18(24)22-10-14(11-22)26-16-8-6-5-7-15(16)25-3/h5-8,12-14H,4,9-11H2,1-3H3,(H,21,24)/t13-/m1/s1. The number of ether oxygens (including phenoxy) is 2. The first kappa shape index (κ1) is 18.0. The summed E-state index contributed by atoms with van der Waals surface area (Å²) in [6.07, 6.45) is 2.45. The van der Waals surface area contributed by atoms with Crippen molar-refractivity contribution in [3.63, 3.8) is 0 Å². The Kier molecular flexibility index (Phi) is 5.60. The van der Waals surface area contributed by atoms with Crippen LogP contribution in [0.15, 0.2) is 30.6 Å². The summed E-state index contributed by atoms with van der Waals surface area (Å²) in [5, 5.41) is 7.17. The molecule has 0 radical (unpaired) electrons. The number of urea groups is 1. The normalized spacial score (nSPS) is 15.3. The van der Waals surface area contributed by atoms with E-state index in [1.165, 1.54) is 6.33 Å². The Morgan fingerprint density at radius 3 is 2.77 bits per heavy atom. The molecule has 1 N–H and O–H groups in total. The van der Waals surface area contributed by atoms with Crippen molar-refractivity contribution in [1.82, 2.24) is 25.0 Å². The molecule has 2 aromatic rings. The monoisotopic (exact) mass is 359 g/mol. The van der Waals surface area contributed by atoms with Crippen molar-refractivity contribution in [2.24, 2.45) is 0 Å². The number of carbonyl (C=O) groups is 1. The molecule has 2 amide bonds. The summed E-state index contributed by atoms with van der Waals surface area (Å²) >= 11 is 0. The average molecular weight is 359 g/mol. The third-order valence-electron chi connectivity index (χ3n) is 4.31. The van der Waals surface area contributed by atoms with Crippen LogP contribution in [0.4, 0.5) is 4.79 Å². The number of aromatic nitrogens is 3. The number of amides is 2. The van der Waals surface area contributed by atoms with Crippen LogP contribution in [0.25, 0.3) is 0 Å². The Labute approximate surface area is 153 Å². The second-order valence-corrected chi connectivity index (χ2v) is 6.31. The van der Waals surface area contributed by atoms with Crippen LogP contribution in [0.1, 0.15) is 32.1 Å². The van der Waals surface area contributed by atoms with Gasteiger partial charge in [0.2, 0.25) is 0 Å². The molecular formula is C18H25N5O3. The zero-order valence-corrected chi connectivity index (χ0v) is 15.4. The summed E-state index contributed by atoms with van der Waals surface area (Å²) in [4.78, 5) is 18.4. The molecule has 1 aliphatic rings. The van der Waals surface area contributed by atoms with Gasteiger partial charge < -0.3 is 19.7 Å². The quantitative estimate of drug-likeness (QED) is 0.820. The molecule has 8 heteroatoms. The highest BCUT2D eigenvalue weighted by atomic mass is 16.5. The average Bonchev–Trinajstić information content (AvgIpc) is 3.06. The highest BCUT2D eigenvalue weighted by Gasteiger charge is 2.33. The largest absolute Gasteiger partial charge is 0.493 e. The van der Waals surface area contributed by atoms with E-state index in [1.807, 2.05) is 35.9 Å². The fraction of sp³-hybridized carbons (Fsp3) is 0.500. The molecule has 1 aromatic heterocycles. The highest BCUT2D eigenvalue weighted by Crippen LogP contribution is 2.28. The molecule has 1 saturated heterocycles. The number of methoxy groups -OCH3 is 1. The van der Waals surface area contributed by atoms with Crippen molar-refractivity contribution >= 4 is 6.03 Å². The molecule has 0 bridgehead atoms. The molecular weight excluding hydrogens is 334 g/mol. The van der Waals surface area contributed by atoms with E-state index in [1.54, 1.807) is 12.0 Å². The van der Waals surface area contributed by atoms with Crippen LogP contribution in [0, 0.1) is 0 Å². The van der Waals surface area contributed by atoms with Gasteiger partial charge in [0.1, 0.15) is 18.3 Å². The Morgan fingerprint density at radius 1 is 1.35 bits per heavy atom. The number of hydrogen-bond donors (Lipinski definition) is 1. The van der Waals surface area contributed by atoms with E-state index < -0.39 is 0 Å². The minimum Gasteiger partial charge on any atom is -0.493 e. The van der Waals surface area contributed by atoms with Gasteiger partial charge in [0.25, 0.3) is 0 Å². The van der Waals surface area contributed by atoms with Gasteiger partial charge in [-0.3, -0.25) is 0 Å². The molecule has 8 nitrogen and oxygen atoms in total. The van der Waals surface area contributed by atoms with Gasteiger partial charge in [-0.05, 0) is 25.5 Å². The molecule has 1 aliphatic heterocycles. The lowest BCUT2D eigenvalue weighted by atomic mass is 10.1. The molecule has 1 aromatic carbocycles. The van der Waals surface area contributed by atoms with Crippen LogP contribution in [0.5, 0.6) is 11.5 Å². The summed E-state index contributed by atoms with van der Waals surface area (Å²) in [6.45, 7) is 5.86. The maximum absolute atomic E-state index is 12.4. The first-order chi connectivity index (χ1) is 12.6. The molecule has 0 spiro atoms. The van der Waals surface area contributed by atoms with Crippen molar-refractivity contribution in [1.29, 1.82) is 0 Å². The molecule has 2 heterocycles. The van der Waals surface area contributed by atoms with Crippen molar-refractivity contribution in [2.45, 2.75) is 39.0 Å². The van der Waals surface area contributed by atoms with Crippen LogP contribution in [0.2, 0.25) is 0 Å². The van der Waals surface area contributed by atoms with Crippen molar-refractivity contribution < 1.29 is 14.3 Å². The maximum Gasteiger partial charge on any atom is 0.318 e. The fourth-order valence-corrected chi connectivity index (χ4v) is 2.91. The van der Waals surface area contributed by atoms with E-state index in [0.29, 0.717) is 24.6 Å². The molecule has 1 fully saturated rings. The molecule has 3 rings (SSSR count). The van der Waals surface area contributed by atoms with Gasteiger partial charge >= 0.3 is 6.03 Å². The summed E-state index contributed by atoms with van der Waals surface area (Å²) in [7, 11) is 1.61. The van der Waals surface area contributed by atoms with Gasteiger partial charge in [0.05, 0.1) is 26.2 Å². The number of rotatable bonds is 7. The third-order valence-corrected chi connectivity index (χ3v) is 4.31. The first-order valence-corrected chi connectivity index (χ1v) is 8.85. The molecule has 26 heavy (non-hydrogen) atoms. The third kappa shape index (κ3) is 3.89. The number of para-hydroxylation sites is 2. The van der Waals surface area contributed by atoms with Gasteiger partial charge in [-0.2, -0.15) is 5.10 Å². The summed E-state index contributed by atoms with van der Waals surface area (Å²) < 4.78 is 13.0. The smallest absolute Gasteiger partial charge is 0.318 e. The van der Waals surface area contributed by atoms with Crippen LogP contribution in [-0.4, -0.2) is 52.0 Å². The predicted molar refractivity (Wildman–Crippen MR) is 96.2 cm³/mol. The van der Waals surface area contributed by atoms with E-state index in [-0.39, 0.29) is 18.2 Å². The first-order valence-electron chi connectivity index (χ1n) is 8.85. The summed E-state index contributed by atoms with van der Waals surface area (Å²) in [5.41, 5.74) is 0. The van der Waals surface area contributed by atoms with Crippen LogP contribution in [0.3, 0.4) is 0 Å². The Balaban J connectivity index is 1.49. The van der Waals surface area contributed by atoms with Gasteiger partial charge in [-0.15, -0.1) is 0 Å². The number of benzene rings is 1. The summed E-state index contributed by atoms with van der Waals surface area (Å²) in [6, 6.07) is 7.19. The second kappa shape index (κ2) is 8.07. The van der Waals surface area contributed by atoms with Crippen molar-refractivity contribution in [3.8, 4) is 11.5 Å². The zero-order chi connectivity index (χ0) is 18.5. The topological polar surface area (TPSA) is 81.5 Å². The zero-order valence-electron chi connectivity index (χ0n) is 15.4. The van der Waals surface area contributed by atoms with Crippen LogP contribution in [-0.2, 0) is 6.54 Å². The number of carbonyl (C=O) groups excluding carboxylic acids is 1. The minimum atomic E-state index is -0.203. The van der Waals surface area contributed by atoms with E-state index in [2.05, 4.69) is 22.3 Å². The lowest BCUT2D eigenvalue weighted by Gasteiger charge is -2.39. The van der Waals surface area contributed by atoms with Crippen molar-refractivity contribution in [3.05, 3.63) is 36.4 Å². The van der Waals surface area contributed by atoms with E-state index in [9.17, 15) is 4.79 Å². The Morgan fingerprint density at radius 2 is 2.08 bits per heavy atom.